The minimum atomic E-state index is -0.934. The van der Waals surface area contributed by atoms with Crippen LogP contribution < -0.4 is 4.74 Å². The first-order valence-corrected chi connectivity index (χ1v) is 8.46. The average molecular weight is 339 g/mol. The Balaban J connectivity index is 1.65. The zero-order valence-electron chi connectivity index (χ0n) is 13.9. The van der Waals surface area contributed by atoms with E-state index in [0.29, 0.717) is 30.9 Å². The highest BCUT2D eigenvalue weighted by Gasteiger charge is 2.32. The summed E-state index contributed by atoms with van der Waals surface area (Å²) in [5.74, 6) is -0.494. The fraction of sp³-hybridized carbons (Fsp3) is 0.300. The molecule has 25 heavy (non-hydrogen) atoms. The first-order chi connectivity index (χ1) is 12.1. The summed E-state index contributed by atoms with van der Waals surface area (Å²) in [6, 6.07) is 16.0. The zero-order chi connectivity index (χ0) is 17.6. The Morgan fingerprint density at radius 3 is 2.44 bits per heavy atom. The van der Waals surface area contributed by atoms with E-state index in [1.54, 1.807) is 24.3 Å². The monoisotopic (exact) mass is 339 g/mol. The Labute approximate surface area is 146 Å². The average Bonchev–Trinajstić information content (AvgIpc) is 2.67. The van der Waals surface area contributed by atoms with Gasteiger partial charge in [0, 0.05) is 12.1 Å². The molecule has 2 aromatic carbocycles. The summed E-state index contributed by atoms with van der Waals surface area (Å²) >= 11 is 0. The highest BCUT2D eigenvalue weighted by Crippen LogP contribution is 2.21. The number of hydrogen-bond acceptors (Lipinski definition) is 3. The van der Waals surface area contributed by atoms with Crippen LogP contribution in [0, 0.1) is 0 Å². The van der Waals surface area contributed by atoms with Gasteiger partial charge in [0.1, 0.15) is 18.4 Å². The molecule has 3 rings (SSSR count). The number of carboxylic acid groups (broad SMARTS) is 1. The molecule has 1 aliphatic rings. The first kappa shape index (κ1) is 17.0. The van der Waals surface area contributed by atoms with Gasteiger partial charge in [-0.25, -0.2) is 4.79 Å². The van der Waals surface area contributed by atoms with E-state index in [1.165, 1.54) is 4.90 Å². The van der Waals surface area contributed by atoms with Crippen molar-refractivity contribution in [3.05, 3.63) is 65.7 Å². The third kappa shape index (κ3) is 4.18. The maximum absolute atomic E-state index is 12.6. The van der Waals surface area contributed by atoms with E-state index < -0.39 is 12.0 Å². The lowest BCUT2D eigenvalue weighted by Crippen LogP contribution is -2.47. The van der Waals surface area contributed by atoms with Crippen molar-refractivity contribution in [1.29, 1.82) is 0 Å². The van der Waals surface area contributed by atoms with Gasteiger partial charge in [-0.15, -0.1) is 0 Å². The second kappa shape index (κ2) is 7.83. The van der Waals surface area contributed by atoms with E-state index >= 15 is 0 Å². The largest absolute Gasteiger partial charge is 0.489 e. The van der Waals surface area contributed by atoms with Crippen molar-refractivity contribution in [1.82, 2.24) is 4.90 Å². The summed E-state index contributed by atoms with van der Waals surface area (Å²) < 4.78 is 5.71. The predicted molar refractivity (Wildman–Crippen MR) is 93.5 cm³/mol. The van der Waals surface area contributed by atoms with Gasteiger partial charge in [-0.1, -0.05) is 30.3 Å². The number of ether oxygens (including phenoxy) is 1. The van der Waals surface area contributed by atoms with Gasteiger partial charge >= 0.3 is 5.97 Å². The molecule has 5 heteroatoms. The van der Waals surface area contributed by atoms with Crippen molar-refractivity contribution in [3.8, 4) is 5.75 Å². The number of rotatable bonds is 5. The second-order valence-corrected chi connectivity index (χ2v) is 6.15. The van der Waals surface area contributed by atoms with Crippen LogP contribution >= 0.6 is 0 Å². The van der Waals surface area contributed by atoms with Gasteiger partial charge in [-0.05, 0) is 49.1 Å². The quantitative estimate of drug-likeness (QED) is 0.907. The Bertz CT molecular complexity index is 727. The van der Waals surface area contributed by atoms with E-state index in [9.17, 15) is 14.7 Å². The molecule has 1 fully saturated rings. The van der Waals surface area contributed by atoms with E-state index in [-0.39, 0.29) is 5.91 Å². The molecule has 1 aliphatic heterocycles. The van der Waals surface area contributed by atoms with Crippen LogP contribution in [-0.4, -0.2) is 34.5 Å². The molecular formula is C20H21NO4. The van der Waals surface area contributed by atoms with E-state index in [4.69, 9.17) is 4.74 Å². The number of carbonyl (C=O) groups is 2. The normalized spacial score (nSPS) is 17.1. The maximum Gasteiger partial charge on any atom is 0.326 e. The molecule has 1 saturated heterocycles. The van der Waals surface area contributed by atoms with Crippen molar-refractivity contribution in [3.63, 3.8) is 0 Å². The van der Waals surface area contributed by atoms with Gasteiger partial charge in [0.25, 0.3) is 5.91 Å². The molecule has 1 heterocycles. The SMILES string of the molecule is O=C(O)C1CCCCN1C(=O)c1ccc(OCc2ccccc2)cc1. The van der Waals surface area contributed by atoms with Crippen LogP contribution in [0.3, 0.4) is 0 Å². The lowest BCUT2D eigenvalue weighted by molar-refractivity contribution is -0.143. The molecule has 0 aromatic heterocycles. The Morgan fingerprint density at radius 1 is 1.04 bits per heavy atom. The summed E-state index contributed by atoms with van der Waals surface area (Å²) in [4.78, 5) is 25.5. The van der Waals surface area contributed by atoms with Crippen molar-refractivity contribution >= 4 is 11.9 Å². The molecule has 2 aromatic rings. The van der Waals surface area contributed by atoms with E-state index in [0.717, 1.165) is 18.4 Å². The summed E-state index contributed by atoms with van der Waals surface area (Å²) in [6.07, 6.45) is 2.19. The van der Waals surface area contributed by atoms with Crippen LogP contribution in [0.2, 0.25) is 0 Å². The zero-order valence-corrected chi connectivity index (χ0v) is 13.9. The van der Waals surface area contributed by atoms with Crippen LogP contribution in [0.5, 0.6) is 5.75 Å². The molecule has 0 radical (unpaired) electrons. The van der Waals surface area contributed by atoms with Crippen molar-refractivity contribution < 1.29 is 19.4 Å². The fourth-order valence-electron chi connectivity index (χ4n) is 3.03. The highest BCUT2D eigenvalue weighted by atomic mass is 16.5. The van der Waals surface area contributed by atoms with Gasteiger partial charge in [0.05, 0.1) is 0 Å². The Kier molecular flexibility index (Phi) is 5.33. The number of nitrogens with zero attached hydrogens (tertiary/aromatic N) is 1. The van der Waals surface area contributed by atoms with Crippen molar-refractivity contribution in [2.24, 2.45) is 0 Å². The standard InChI is InChI=1S/C20H21NO4/c22-19(21-13-5-4-8-18(21)20(23)24)16-9-11-17(12-10-16)25-14-15-6-2-1-3-7-15/h1-3,6-7,9-12,18H,4-5,8,13-14H2,(H,23,24). The molecule has 1 unspecified atom stereocenters. The van der Waals surface area contributed by atoms with Crippen molar-refractivity contribution in [2.45, 2.75) is 31.9 Å². The molecule has 5 nitrogen and oxygen atoms in total. The van der Waals surface area contributed by atoms with Gasteiger partial charge in [0.2, 0.25) is 0 Å². The minimum Gasteiger partial charge on any atom is -0.489 e. The van der Waals surface area contributed by atoms with E-state index in [1.807, 2.05) is 30.3 Å². The minimum absolute atomic E-state index is 0.235. The number of hydrogen-bond donors (Lipinski definition) is 1. The van der Waals surface area contributed by atoms with Crippen LogP contribution in [0.4, 0.5) is 0 Å². The molecule has 0 spiro atoms. The summed E-state index contributed by atoms with van der Waals surface area (Å²) in [6.45, 7) is 0.948. The first-order valence-electron chi connectivity index (χ1n) is 8.46. The maximum atomic E-state index is 12.6. The summed E-state index contributed by atoms with van der Waals surface area (Å²) in [5.41, 5.74) is 1.56. The Morgan fingerprint density at radius 2 is 1.76 bits per heavy atom. The molecule has 1 atom stereocenters. The van der Waals surface area contributed by atoms with Crippen LogP contribution in [0.1, 0.15) is 35.2 Å². The lowest BCUT2D eigenvalue weighted by atomic mass is 10.0. The molecular weight excluding hydrogens is 318 g/mol. The van der Waals surface area contributed by atoms with Crippen LogP contribution in [0.15, 0.2) is 54.6 Å². The number of carboxylic acids is 1. The molecule has 0 saturated carbocycles. The number of aliphatic carboxylic acids is 1. The topological polar surface area (TPSA) is 66.8 Å². The highest BCUT2D eigenvalue weighted by molar-refractivity contribution is 5.96. The third-order valence-electron chi connectivity index (χ3n) is 4.40. The number of piperidine rings is 1. The van der Waals surface area contributed by atoms with Crippen LogP contribution in [-0.2, 0) is 11.4 Å². The van der Waals surface area contributed by atoms with Gasteiger partial charge in [-0.2, -0.15) is 0 Å². The number of likely N-dealkylation sites (tertiary alicyclic amines) is 1. The van der Waals surface area contributed by atoms with E-state index in [2.05, 4.69) is 0 Å². The molecule has 130 valence electrons. The smallest absolute Gasteiger partial charge is 0.326 e. The van der Waals surface area contributed by atoms with Crippen LogP contribution in [0.25, 0.3) is 0 Å². The molecule has 0 bridgehead atoms. The molecule has 0 aliphatic carbocycles. The van der Waals surface area contributed by atoms with Crippen molar-refractivity contribution in [2.75, 3.05) is 6.54 Å². The second-order valence-electron chi connectivity index (χ2n) is 6.15. The third-order valence-corrected chi connectivity index (χ3v) is 4.40. The van der Waals surface area contributed by atoms with Gasteiger partial charge in [-0.3, -0.25) is 4.79 Å². The summed E-state index contributed by atoms with van der Waals surface area (Å²) in [7, 11) is 0. The molecule has 1 N–H and O–H groups in total. The summed E-state index contributed by atoms with van der Waals surface area (Å²) in [5, 5.41) is 9.31. The molecule has 1 amide bonds. The van der Waals surface area contributed by atoms with Gasteiger partial charge < -0.3 is 14.7 Å². The Hall–Kier alpha value is -2.82. The number of carbonyl (C=O) groups excluding carboxylic acids is 1. The predicted octanol–water partition coefficient (Wildman–Crippen LogP) is 3.34. The van der Waals surface area contributed by atoms with Gasteiger partial charge in [0.15, 0.2) is 0 Å². The number of benzene rings is 2. The fourth-order valence-corrected chi connectivity index (χ4v) is 3.03. The lowest BCUT2D eigenvalue weighted by Gasteiger charge is -2.33. The number of amides is 1.